The number of carbonyl (C=O) groups excluding carboxylic acids is 1. The first kappa shape index (κ1) is 19.0. The summed E-state index contributed by atoms with van der Waals surface area (Å²) in [4.78, 5) is 12.1. The van der Waals surface area contributed by atoms with Crippen molar-refractivity contribution in [3.05, 3.63) is 59.2 Å². The fourth-order valence-corrected chi connectivity index (χ4v) is 2.57. The molecule has 0 radical (unpaired) electrons. The van der Waals surface area contributed by atoms with E-state index < -0.39 is 0 Å². The quantitative estimate of drug-likeness (QED) is 0.716. The minimum atomic E-state index is 0.0281. The van der Waals surface area contributed by atoms with Gasteiger partial charge in [-0.3, -0.25) is 4.79 Å². The molecule has 3 nitrogen and oxygen atoms in total. The number of ether oxygens (including phenoxy) is 1. The van der Waals surface area contributed by atoms with E-state index in [0.29, 0.717) is 19.4 Å². The van der Waals surface area contributed by atoms with Crippen molar-refractivity contribution in [3.8, 4) is 5.75 Å². The predicted molar refractivity (Wildman–Crippen MR) is 104 cm³/mol. The Hall–Kier alpha value is -2.29. The Labute approximate surface area is 151 Å². The Morgan fingerprint density at radius 3 is 2.36 bits per heavy atom. The lowest BCUT2D eigenvalue weighted by atomic mass is 9.87. The minimum absolute atomic E-state index is 0.0281. The molecule has 0 atom stereocenters. The minimum Gasteiger partial charge on any atom is -0.494 e. The fraction of sp³-hybridized carbons (Fsp3) is 0.409. The van der Waals surface area contributed by atoms with Gasteiger partial charge in [0.15, 0.2) is 0 Å². The number of hydrogen-bond donors (Lipinski definition) is 1. The molecule has 0 aliphatic rings. The SMILES string of the molecule is Cc1cccc(NC(=O)CCCOc2ccc(C(C)(C)C)cc2)c1C. The highest BCUT2D eigenvalue weighted by atomic mass is 16.5. The molecule has 0 spiro atoms. The molecule has 1 amide bonds. The molecule has 0 unspecified atom stereocenters. The highest BCUT2D eigenvalue weighted by Crippen LogP contribution is 2.24. The van der Waals surface area contributed by atoms with Crippen LogP contribution in [0.3, 0.4) is 0 Å². The van der Waals surface area contributed by atoms with Crippen LogP contribution in [0, 0.1) is 13.8 Å². The van der Waals surface area contributed by atoms with E-state index in [4.69, 9.17) is 4.74 Å². The summed E-state index contributed by atoms with van der Waals surface area (Å²) >= 11 is 0. The summed E-state index contributed by atoms with van der Waals surface area (Å²) in [5.74, 6) is 0.878. The van der Waals surface area contributed by atoms with Crippen molar-refractivity contribution in [1.82, 2.24) is 0 Å². The van der Waals surface area contributed by atoms with E-state index in [2.05, 4.69) is 38.2 Å². The molecule has 0 aliphatic carbocycles. The Morgan fingerprint density at radius 2 is 1.72 bits per heavy atom. The molecule has 1 N–H and O–H groups in total. The van der Waals surface area contributed by atoms with Gasteiger partial charge in [0.25, 0.3) is 0 Å². The van der Waals surface area contributed by atoms with Crippen molar-refractivity contribution >= 4 is 11.6 Å². The van der Waals surface area contributed by atoms with E-state index in [0.717, 1.165) is 17.0 Å². The van der Waals surface area contributed by atoms with Gasteiger partial charge in [0.1, 0.15) is 5.75 Å². The first-order valence-electron chi connectivity index (χ1n) is 8.87. The molecular formula is C22H29NO2. The van der Waals surface area contributed by atoms with Crippen LogP contribution < -0.4 is 10.1 Å². The number of carbonyl (C=O) groups is 1. The molecule has 0 aliphatic heterocycles. The molecule has 0 saturated carbocycles. The molecule has 0 saturated heterocycles. The number of amides is 1. The predicted octanol–water partition coefficient (Wildman–Crippen LogP) is 5.40. The van der Waals surface area contributed by atoms with E-state index in [1.165, 1.54) is 11.1 Å². The van der Waals surface area contributed by atoms with Gasteiger partial charge in [-0.2, -0.15) is 0 Å². The van der Waals surface area contributed by atoms with Crippen molar-refractivity contribution in [2.24, 2.45) is 0 Å². The molecular weight excluding hydrogens is 310 g/mol. The highest BCUT2D eigenvalue weighted by Gasteiger charge is 2.13. The first-order valence-corrected chi connectivity index (χ1v) is 8.87. The maximum atomic E-state index is 12.1. The average molecular weight is 339 g/mol. The summed E-state index contributed by atoms with van der Waals surface area (Å²) in [6.07, 6.45) is 1.14. The van der Waals surface area contributed by atoms with Gasteiger partial charge in [-0.25, -0.2) is 0 Å². The average Bonchev–Trinajstić information content (AvgIpc) is 2.55. The molecule has 0 fully saturated rings. The van der Waals surface area contributed by atoms with Crippen LogP contribution in [-0.2, 0) is 10.2 Å². The van der Waals surface area contributed by atoms with E-state index in [-0.39, 0.29) is 11.3 Å². The van der Waals surface area contributed by atoms with Crippen molar-refractivity contribution in [3.63, 3.8) is 0 Å². The molecule has 25 heavy (non-hydrogen) atoms. The third kappa shape index (κ3) is 5.63. The summed E-state index contributed by atoms with van der Waals surface area (Å²) in [5, 5.41) is 2.98. The maximum absolute atomic E-state index is 12.1. The smallest absolute Gasteiger partial charge is 0.224 e. The zero-order valence-electron chi connectivity index (χ0n) is 16.0. The van der Waals surface area contributed by atoms with Crippen LogP contribution in [0.4, 0.5) is 5.69 Å². The fourth-order valence-electron chi connectivity index (χ4n) is 2.57. The largest absolute Gasteiger partial charge is 0.494 e. The van der Waals surface area contributed by atoms with Crippen molar-refractivity contribution in [2.75, 3.05) is 11.9 Å². The lowest BCUT2D eigenvalue weighted by molar-refractivity contribution is -0.116. The molecule has 134 valence electrons. The van der Waals surface area contributed by atoms with Gasteiger partial charge in [-0.15, -0.1) is 0 Å². The van der Waals surface area contributed by atoms with Crippen LogP contribution >= 0.6 is 0 Å². The lowest BCUT2D eigenvalue weighted by Crippen LogP contribution is -2.14. The molecule has 3 heteroatoms. The Kier molecular flexibility index (Phi) is 6.24. The van der Waals surface area contributed by atoms with Gasteiger partial charge in [0, 0.05) is 12.1 Å². The summed E-state index contributed by atoms with van der Waals surface area (Å²) in [6, 6.07) is 14.1. The van der Waals surface area contributed by atoms with E-state index in [1.54, 1.807) is 0 Å². The second-order valence-corrected chi connectivity index (χ2v) is 7.52. The number of rotatable bonds is 6. The van der Waals surface area contributed by atoms with E-state index in [1.807, 2.05) is 44.2 Å². The van der Waals surface area contributed by atoms with Crippen LogP contribution in [0.5, 0.6) is 5.75 Å². The summed E-state index contributed by atoms with van der Waals surface area (Å²) in [7, 11) is 0. The lowest BCUT2D eigenvalue weighted by Gasteiger charge is -2.19. The van der Waals surface area contributed by atoms with Gasteiger partial charge in [0.05, 0.1) is 6.61 Å². The summed E-state index contributed by atoms with van der Waals surface area (Å²) in [6.45, 7) is 11.2. The zero-order chi connectivity index (χ0) is 18.4. The van der Waals surface area contributed by atoms with Crippen LogP contribution in [0.15, 0.2) is 42.5 Å². The van der Waals surface area contributed by atoms with Crippen LogP contribution in [0.2, 0.25) is 0 Å². The second-order valence-electron chi connectivity index (χ2n) is 7.52. The maximum Gasteiger partial charge on any atom is 0.224 e. The van der Waals surface area contributed by atoms with Crippen molar-refractivity contribution < 1.29 is 9.53 Å². The summed E-state index contributed by atoms with van der Waals surface area (Å²) < 4.78 is 5.74. The monoisotopic (exact) mass is 339 g/mol. The molecule has 0 heterocycles. The van der Waals surface area contributed by atoms with Gasteiger partial charge in [-0.1, -0.05) is 45.0 Å². The van der Waals surface area contributed by atoms with Gasteiger partial charge in [0.2, 0.25) is 5.91 Å². The Bertz CT molecular complexity index is 712. The normalized spacial score (nSPS) is 11.2. The molecule has 2 rings (SSSR count). The van der Waals surface area contributed by atoms with Gasteiger partial charge < -0.3 is 10.1 Å². The molecule has 2 aromatic carbocycles. The van der Waals surface area contributed by atoms with Crippen LogP contribution in [0.25, 0.3) is 0 Å². The highest BCUT2D eigenvalue weighted by molar-refractivity contribution is 5.91. The Balaban J connectivity index is 1.75. The molecule has 0 bridgehead atoms. The van der Waals surface area contributed by atoms with E-state index >= 15 is 0 Å². The zero-order valence-corrected chi connectivity index (χ0v) is 16.0. The number of anilines is 1. The van der Waals surface area contributed by atoms with E-state index in [9.17, 15) is 4.79 Å². The second kappa shape index (κ2) is 8.19. The standard InChI is InChI=1S/C22H29NO2/c1-16-8-6-9-20(17(16)2)23-21(24)10-7-15-25-19-13-11-18(12-14-19)22(3,4)5/h6,8-9,11-14H,7,10,15H2,1-5H3,(H,23,24). The van der Waals surface area contributed by atoms with Crippen molar-refractivity contribution in [1.29, 1.82) is 0 Å². The number of aryl methyl sites for hydroxylation is 1. The van der Waals surface area contributed by atoms with Crippen LogP contribution in [-0.4, -0.2) is 12.5 Å². The Morgan fingerprint density at radius 1 is 1.04 bits per heavy atom. The topological polar surface area (TPSA) is 38.3 Å². The summed E-state index contributed by atoms with van der Waals surface area (Å²) in [5.41, 5.74) is 4.62. The van der Waals surface area contributed by atoms with Gasteiger partial charge in [-0.05, 0) is 60.6 Å². The number of nitrogens with one attached hydrogen (secondary N) is 1. The molecule has 2 aromatic rings. The third-order valence-corrected chi connectivity index (χ3v) is 4.42. The first-order chi connectivity index (χ1) is 11.8. The van der Waals surface area contributed by atoms with Crippen molar-refractivity contribution in [2.45, 2.75) is 52.9 Å². The van der Waals surface area contributed by atoms with Crippen LogP contribution in [0.1, 0.15) is 50.3 Å². The number of benzene rings is 2. The third-order valence-electron chi connectivity index (χ3n) is 4.42. The van der Waals surface area contributed by atoms with Gasteiger partial charge >= 0.3 is 0 Å². The molecule has 0 aromatic heterocycles. The number of hydrogen-bond acceptors (Lipinski definition) is 2.